The van der Waals surface area contributed by atoms with E-state index in [4.69, 9.17) is 0 Å². The van der Waals surface area contributed by atoms with Crippen LogP contribution in [0.1, 0.15) is 11.3 Å². The predicted molar refractivity (Wildman–Crippen MR) is 45.0 cm³/mol. The van der Waals surface area contributed by atoms with E-state index in [-0.39, 0.29) is 0 Å². The van der Waals surface area contributed by atoms with Gasteiger partial charge in [-0.1, -0.05) is 0 Å². The first-order chi connectivity index (χ1) is 5.68. The standard InChI is InChI=1S/C8H8N2O2/c1-7-6-8(2-4-9-7)3-5-10(11)12/h2-6H,1H3/b5-3+. The van der Waals surface area contributed by atoms with Crippen LogP contribution in [0.25, 0.3) is 6.08 Å². The van der Waals surface area contributed by atoms with E-state index < -0.39 is 4.92 Å². The summed E-state index contributed by atoms with van der Waals surface area (Å²) in [5.74, 6) is 0. The van der Waals surface area contributed by atoms with Crippen LogP contribution in [0.5, 0.6) is 0 Å². The summed E-state index contributed by atoms with van der Waals surface area (Å²) >= 11 is 0. The number of rotatable bonds is 2. The maximum Gasteiger partial charge on any atom is 0.235 e. The van der Waals surface area contributed by atoms with Gasteiger partial charge in [-0.25, -0.2) is 0 Å². The number of aryl methyl sites for hydroxylation is 1. The minimum Gasteiger partial charge on any atom is -0.262 e. The lowest BCUT2D eigenvalue weighted by Crippen LogP contribution is -1.84. The van der Waals surface area contributed by atoms with Gasteiger partial charge in [0.1, 0.15) is 0 Å². The molecule has 0 bridgehead atoms. The molecule has 0 aliphatic rings. The normalized spacial score (nSPS) is 10.4. The smallest absolute Gasteiger partial charge is 0.235 e. The Morgan fingerprint density at radius 2 is 2.42 bits per heavy atom. The third kappa shape index (κ3) is 2.49. The minimum absolute atomic E-state index is 0.490. The Morgan fingerprint density at radius 1 is 1.67 bits per heavy atom. The Morgan fingerprint density at radius 3 is 3.00 bits per heavy atom. The van der Waals surface area contributed by atoms with Crippen molar-refractivity contribution < 1.29 is 4.92 Å². The van der Waals surface area contributed by atoms with Crippen LogP contribution in [-0.4, -0.2) is 9.91 Å². The molecule has 0 aliphatic heterocycles. The van der Waals surface area contributed by atoms with Crippen LogP contribution in [0, 0.1) is 17.0 Å². The largest absolute Gasteiger partial charge is 0.262 e. The Kier molecular flexibility index (Phi) is 2.53. The van der Waals surface area contributed by atoms with Crippen molar-refractivity contribution in [2.24, 2.45) is 0 Å². The van der Waals surface area contributed by atoms with Gasteiger partial charge in [0.15, 0.2) is 0 Å². The minimum atomic E-state index is -0.490. The predicted octanol–water partition coefficient (Wildman–Crippen LogP) is 1.64. The van der Waals surface area contributed by atoms with E-state index in [9.17, 15) is 10.1 Å². The molecule has 0 unspecified atom stereocenters. The molecule has 0 fully saturated rings. The molecule has 0 saturated carbocycles. The van der Waals surface area contributed by atoms with E-state index in [2.05, 4.69) is 4.98 Å². The van der Waals surface area contributed by atoms with Crippen molar-refractivity contribution in [1.82, 2.24) is 4.98 Å². The van der Waals surface area contributed by atoms with Crippen LogP contribution in [-0.2, 0) is 0 Å². The number of nitro groups is 1. The zero-order chi connectivity index (χ0) is 8.97. The average Bonchev–Trinajstić information content (AvgIpc) is 2.01. The highest BCUT2D eigenvalue weighted by atomic mass is 16.6. The highest BCUT2D eigenvalue weighted by Crippen LogP contribution is 2.02. The molecular formula is C8H8N2O2. The number of nitrogens with zero attached hydrogens (tertiary/aromatic N) is 2. The highest BCUT2D eigenvalue weighted by molar-refractivity contribution is 5.47. The first kappa shape index (κ1) is 8.39. The van der Waals surface area contributed by atoms with Crippen molar-refractivity contribution in [2.75, 3.05) is 0 Å². The molecule has 1 rings (SSSR count). The molecule has 0 radical (unpaired) electrons. The lowest BCUT2D eigenvalue weighted by Gasteiger charge is -1.91. The molecule has 0 aliphatic carbocycles. The van der Waals surface area contributed by atoms with Crippen molar-refractivity contribution in [3.8, 4) is 0 Å². The average molecular weight is 164 g/mol. The summed E-state index contributed by atoms with van der Waals surface area (Å²) in [5, 5.41) is 9.96. The van der Waals surface area contributed by atoms with Crippen molar-refractivity contribution in [3.05, 3.63) is 45.9 Å². The third-order valence-electron chi connectivity index (χ3n) is 1.31. The Bertz CT molecular complexity index is 321. The molecule has 4 heteroatoms. The van der Waals surface area contributed by atoms with Crippen LogP contribution in [0.3, 0.4) is 0 Å². The maximum absolute atomic E-state index is 9.96. The van der Waals surface area contributed by atoms with Crippen LogP contribution >= 0.6 is 0 Å². The molecule has 0 N–H and O–H groups in total. The van der Waals surface area contributed by atoms with Crippen LogP contribution < -0.4 is 0 Å². The van der Waals surface area contributed by atoms with Gasteiger partial charge in [-0.15, -0.1) is 0 Å². The summed E-state index contributed by atoms with van der Waals surface area (Å²) in [5.41, 5.74) is 1.64. The zero-order valence-electron chi connectivity index (χ0n) is 6.60. The molecule has 0 spiro atoms. The van der Waals surface area contributed by atoms with Crippen LogP contribution in [0.2, 0.25) is 0 Å². The summed E-state index contributed by atoms with van der Waals surface area (Å²) < 4.78 is 0. The second-order valence-electron chi connectivity index (χ2n) is 2.33. The van der Waals surface area contributed by atoms with E-state index in [0.717, 1.165) is 17.5 Å². The maximum atomic E-state index is 9.96. The van der Waals surface area contributed by atoms with Gasteiger partial charge in [0, 0.05) is 18.0 Å². The molecule has 0 amide bonds. The monoisotopic (exact) mass is 164 g/mol. The SMILES string of the molecule is Cc1cc(/C=C/[N+](=O)[O-])ccn1. The van der Waals surface area contributed by atoms with E-state index in [1.807, 2.05) is 6.92 Å². The molecule has 1 aromatic rings. The lowest BCUT2D eigenvalue weighted by molar-refractivity contribution is -0.400. The molecule has 0 atom stereocenters. The van der Waals surface area contributed by atoms with Gasteiger partial charge < -0.3 is 0 Å². The number of aromatic nitrogens is 1. The molecule has 4 nitrogen and oxygen atoms in total. The van der Waals surface area contributed by atoms with Crippen molar-refractivity contribution in [1.29, 1.82) is 0 Å². The Hall–Kier alpha value is -1.71. The Labute approximate surface area is 69.7 Å². The fourth-order valence-corrected chi connectivity index (χ4v) is 0.818. The van der Waals surface area contributed by atoms with Gasteiger partial charge in [-0.05, 0) is 24.6 Å². The van der Waals surface area contributed by atoms with Gasteiger partial charge in [-0.2, -0.15) is 0 Å². The topological polar surface area (TPSA) is 56.0 Å². The first-order valence-electron chi connectivity index (χ1n) is 3.43. The van der Waals surface area contributed by atoms with Gasteiger partial charge in [0.05, 0.1) is 4.92 Å². The lowest BCUT2D eigenvalue weighted by atomic mass is 10.2. The van der Waals surface area contributed by atoms with Crippen molar-refractivity contribution in [2.45, 2.75) is 6.92 Å². The number of hydrogen-bond acceptors (Lipinski definition) is 3. The highest BCUT2D eigenvalue weighted by Gasteiger charge is 1.90. The van der Waals surface area contributed by atoms with Gasteiger partial charge >= 0.3 is 0 Å². The Balaban J connectivity index is 2.83. The fraction of sp³-hybridized carbons (Fsp3) is 0.125. The summed E-state index contributed by atoms with van der Waals surface area (Å²) in [4.78, 5) is 13.4. The van der Waals surface area contributed by atoms with Gasteiger partial charge in [0.25, 0.3) is 0 Å². The summed E-state index contributed by atoms with van der Waals surface area (Å²) in [6.45, 7) is 1.84. The number of pyridine rings is 1. The second-order valence-corrected chi connectivity index (χ2v) is 2.33. The molecule has 1 heterocycles. The van der Waals surface area contributed by atoms with E-state index in [1.54, 1.807) is 18.3 Å². The molecule has 1 aromatic heterocycles. The van der Waals surface area contributed by atoms with Crippen LogP contribution in [0.4, 0.5) is 0 Å². The molecule has 0 saturated heterocycles. The number of hydrogen-bond donors (Lipinski definition) is 0. The summed E-state index contributed by atoms with van der Waals surface area (Å²) in [6, 6.07) is 3.49. The summed E-state index contributed by atoms with van der Waals surface area (Å²) in [7, 11) is 0. The summed E-state index contributed by atoms with van der Waals surface area (Å²) in [6.07, 6.45) is 3.97. The van der Waals surface area contributed by atoms with E-state index in [0.29, 0.717) is 0 Å². The quantitative estimate of drug-likeness (QED) is 0.493. The van der Waals surface area contributed by atoms with Gasteiger partial charge in [0.2, 0.25) is 6.20 Å². The fourth-order valence-electron chi connectivity index (χ4n) is 0.818. The third-order valence-corrected chi connectivity index (χ3v) is 1.31. The molecular weight excluding hydrogens is 156 g/mol. The molecule has 12 heavy (non-hydrogen) atoms. The first-order valence-corrected chi connectivity index (χ1v) is 3.43. The molecule has 0 aromatic carbocycles. The van der Waals surface area contributed by atoms with Crippen molar-refractivity contribution >= 4 is 6.08 Å². The zero-order valence-corrected chi connectivity index (χ0v) is 6.60. The van der Waals surface area contributed by atoms with E-state index >= 15 is 0 Å². The van der Waals surface area contributed by atoms with E-state index in [1.165, 1.54) is 6.08 Å². The van der Waals surface area contributed by atoms with Crippen molar-refractivity contribution in [3.63, 3.8) is 0 Å². The van der Waals surface area contributed by atoms with Crippen LogP contribution in [0.15, 0.2) is 24.5 Å². The van der Waals surface area contributed by atoms with Gasteiger partial charge in [-0.3, -0.25) is 15.1 Å². The molecule has 62 valence electrons. The second kappa shape index (κ2) is 3.61.